The Balaban J connectivity index is 0.00000220. The zero-order valence-corrected chi connectivity index (χ0v) is 15.3. The third-order valence-electron chi connectivity index (χ3n) is 3.64. The number of amides is 1. The fourth-order valence-corrected chi connectivity index (χ4v) is 2.69. The molecule has 1 aliphatic heterocycles. The van der Waals surface area contributed by atoms with Gasteiger partial charge in [-0.05, 0) is 31.5 Å². The molecule has 4 nitrogen and oxygen atoms in total. The van der Waals surface area contributed by atoms with E-state index in [0.717, 1.165) is 36.9 Å². The number of hydrogen-bond donors (Lipinski definition) is 1. The second-order valence-electron chi connectivity index (χ2n) is 5.48. The molecule has 1 heterocycles. The van der Waals surface area contributed by atoms with Crippen molar-refractivity contribution in [2.45, 2.75) is 26.3 Å². The molecular weight excluding hydrogens is 345 g/mol. The van der Waals surface area contributed by atoms with E-state index in [2.05, 4.69) is 11.8 Å². The Morgan fingerprint density at radius 2 is 1.86 bits per heavy atom. The van der Waals surface area contributed by atoms with Crippen molar-refractivity contribution in [3.63, 3.8) is 0 Å². The lowest BCUT2D eigenvalue weighted by atomic mass is 10.1. The second-order valence-corrected chi connectivity index (χ2v) is 5.92. The van der Waals surface area contributed by atoms with Crippen molar-refractivity contribution < 1.29 is 4.79 Å². The predicted octanol–water partition coefficient (Wildman–Crippen LogP) is 2.88. The van der Waals surface area contributed by atoms with Crippen LogP contribution in [0.3, 0.4) is 0 Å². The van der Waals surface area contributed by atoms with Crippen LogP contribution in [0, 0.1) is 6.92 Å². The third kappa shape index (κ3) is 5.51. The molecule has 2 rings (SSSR count). The van der Waals surface area contributed by atoms with E-state index < -0.39 is 0 Å². The van der Waals surface area contributed by atoms with Crippen LogP contribution in [-0.4, -0.2) is 43.0 Å². The normalized spacial score (nSPS) is 15.6. The summed E-state index contributed by atoms with van der Waals surface area (Å²) >= 11 is 6.07. The van der Waals surface area contributed by atoms with Crippen molar-refractivity contribution in [3.05, 3.63) is 28.8 Å². The summed E-state index contributed by atoms with van der Waals surface area (Å²) in [5.74, 6) is 0.155. The molecule has 2 N–H and O–H groups in total. The maximum Gasteiger partial charge on any atom is 0.224 e. The van der Waals surface area contributed by atoms with Crippen LogP contribution < -0.4 is 10.6 Å². The van der Waals surface area contributed by atoms with E-state index in [1.54, 1.807) is 0 Å². The zero-order valence-electron chi connectivity index (χ0n) is 12.9. The van der Waals surface area contributed by atoms with Crippen molar-refractivity contribution in [1.82, 2.24) is 4.90 Å². The highest BCUT2D eigenvalue weighted by molar-refractivity contribution is 6.30. The number of rotatable bonds is 3. The van der Waals surface area contributed by atoms with E-state index in [1.165, 1.54) is 5.56 Å². The average molecular weight is 369 g/mol. The molecule has 1 atom stereocenters. The molecular formula is C15H24Cl3N3O. The van der Waals surface area contributed by atoms with Crippen LogP contribution in [0.5, 0.6) is 0 Å². The summed E-state index contributed by atoms with van der Waals surface area (Å²) in [6, 6.07) is 5.86. The van der Waals surface area contributed by atoms with E-state index in [0.29, 0.717) is 6.42 Å². The van der Waals surface area contributed by atoms with Gasteiger partial charge in [-0.1, -0.05) is 17.7 Å². The number of hydrogen-bond acceptors (Lipinski definition) is 3. The van der Waals surface area contributed by atoms with Crippen molar-refractivity contribution in [2.24, 2.45) is 5.73 Å². The second kappa shape index (κ2) is 9.46. The average Bonchev–Trinajstić information content (AvgIpc) is 2.41. The predicted molar refractivity (Wildman–Crippen MR) is 97.7 cm³/mol. The highest BCUT2D eigenvalue weighted by atomic mass is 35.5. The maximum atomic E-state index is 12.0. The van der Waals surface area contributed by atoms with Gasteiger partial charge in [0.2, 0.25) is 5.91 Å². The molecule has 1 aromatic carbocycles. The first-order chi connectivity index (χ1) is 9.47. The molecule has 1 aliphatic rings. The molecule has 0 aliphatic carbocycles. The molecule has 0 saturated carbocycles. The third-order valence-corrected chi connectivity index (χ3v) is 3.88. The van der Waals surface area contributed by atoms with Crippen molar-refractivity contribution in [3.8, 4) is 0 Å². The van der Waals surface area contributed by atoms with Gasteiger partial charge in [0.05, 0.1) is 0 Å². The van der Waals surface area contributed by atoms with Gasteiger partial charge in [0.1, 0.15) is 0 Å². The summed E-state index contributed by atoms with van der Waals surface area (Å²) < 4.78 is 0. The Morgan fingerprint density at radius 3 is 2.41 bits per heavy atom. The number of benzene rings is 1. The van der Waals surface area contributed by atoms with Gasteiger partial charge in [-0.25, -0.2) is 0 Å². The number of carbonyl (C=O) groups excluding carboxylic acids is 1. The molecule has 0 aromatic heterocycles. The Bertz CT molecular complexity index is 489. The number of carbonyl (C=O) groups is 1. The number of piperazine rings is 1. The molecule has 126 valence electrons. The van der Waals surface area contributed by atoms with Gasteiger partial charge in [0.25, 0.3) is 0 Å². The molecule has 0 bridgehead atoms. The summed E-state index contributed by atoms with van der Waals surface area (Å²) in [7, 11) is 0. The van der Waals surface area contributed by atoms with Crippen LogP contribution in [0.2, 0.25) is 5.02 Å². The summed E-state index contributed by atoms with van der Waals surface area (Å²) in [5.41, 5.74) is 8.06. The number of aryl methyl sites for hydroxylation is 1. The smallest absolute Gasteiger partial charge is 0.224 e. The maximum absolute atomic E-state index is 12.0. The first-order valence-corrected chi connectivity index (χ1v) is 7.39. The minimum atomic E-state index is -0.0734. The highest BCUT2D eigenvalue weighted by Gasteiger charge is 2.22. The number of nitrogens with zero attached hydrogens (tertiary/aromatic N) is 2. The number of nitrogens with two attached hydrogens (primary N) is 1. The fraction of sp³-hybridized carbons (Fsp3) is 0.533. The van der Waals surface area contributed by atoms with Gasteiger partial charge in [-0.2, -0.15) is 0 Å². The van der Waals surface area contributed by atoms with Gasteiger partial charge >= 0.3 is 0 Å². The Hall–Kier alpha value is -0.680. The quantitative estimate of drug-likeness (QED) is 0.892. The summed E-state index contributed by atoms with van der Waals surface area (Å²) in [6.45, 7) is 7.12. The minimum Gasteiger partial charge on any atom is -0.368 e. The largest absolute Gasteiger partial charge is 0.368 e. The standard InChI is InChI=1S/C15H22ClN3O.2ClH/c1-11-3-4-13(16)10-14(11)18-5-7-19(8-6-18)15(20)9-12(2)17;;/h3-4,10,12H,5-9,17H2,1-2H3;2*1H. The summed E-state index contributed by atoms with van der Waals surface area (Å²) in [4.78, 5) is 16.2. The number of anilines is 1. The Morgan fingerprint density at radius 1 is 1.27 bits per heavy atom. The highest BCUT2D eigenvalue weighted by Crippen LogP contribution is 2.25. The lowest BCUT2D eigenvalue weighted by molar-refractivity contribution is -0.131. The van der Waals surface area contributed by atoms with Gasteiger partial charge < -0.3 is 15.5 Å². The minimum absolute atomic E-state index is 0. The molecule has 0 spiro atoms. The van der Waals surface area contributed by atoms with Gasteiger partial charge in [-0.3, -0.25) is 4.79 Å². The fourth-order valence-electron chi connectivity index (χ4n) is 2.52. The molecule has 1 amide bonds. The van der Waals surface area contributed by atoms with Gasteiger partial charge in [0.15, 0.2) is 0 Å². The Labute approximate surface area is 149 Å². The molecule has 1 aromatic rings. The molecule has 7 heteroatoms. The van der Waals surface area contributed by atoms with Crippen LogP contribution in [0.1, 0.15) is 18.9 Å². The Kier molecular flexibility index (Phi) is 9.16. The lowest BCUT2D eigenvalue weighted by Crippen LogP contribution is -2.49. The molecule has 22 heavy (non-hydrogen) atoms. The van der Waals surface area contributed by atoms with E-state index in [-0.39, 0.29) is 36.8 Å². The summed E-state index contributed by atoms with van der Waals surface area (Å²) in [6.07, 6.45) is 0.427. The van der Waals surface area contributed by atoms with E-state index in [1.807, 2.05) is 30.0 Å². The molecule has 1 saturated heterocycles. The van der Waals surface area contributed by atoms with Gasteiger partial charge in [0, 0.05) is 49.4 Å². The van der Waals surface area contributed by atoms with Crippen molar-refractivity contribution in [1.29, 1.82) is 0 Å². The van der Waals surface area contributed by atoms with Gasteiger partial charge in [-0.15, -0.1) is 24.8 Å². The molecule has 1 unspecified atom stereocenters. The summed E-state index contributed by atoms with van der Waals surface area (Å²) in [5, 5.41) is 0.751. The molecule has 1 fully saturated rings. The van der Waals surface area contributed by atoms with Crippen LogP contribution >= 0.6 is 36.4 Å². The van der Waals surface area contributed by atoms with Crippen molar-refractivity contribution in [2.75, 3.05) is 31.1 Å². The first-order valence-electron chi connectivity index (χ1n) is 7.02. The zero-order chi connectivity index (χ0) is 14.7. The first kappa shape index (κ1) is 21.3. The van der Waals surface area contributed by atoms with Crippen LogP contribution in [0.15, 0.2) is 18.2 Å². The van der Waals surface area contributed by atoms with Crippen LogP contribution in [0.4, 0.5) is 5.69 Å². The monoisotopic (exact) mass is 367 g/mol. The van der Waals surface area contributed by atoms with Crippen molar-refractivity contribution >= 4 is 48.0 Å². The van der Waals surface area contributed by atoms with Crippen LogP contribution in [0.25, 0.3) is 0 Å². The van der Waals surface area contributed by atoms with E-state index >= 15 is 0 Å². The number of halogens is 3. The van der Waals surface area contributed by atoms with E-state index in [4.69, 9.17) is 17.3 Å². The SMILES string of the molecule is Cc1ccc(Cl)cc1N1CCN(C(=O)CC(C)N)CC1.Cl.Cl. The lowest BCUT2D eigenvalue weighted by Gasteiger charge is -2.37. The topological polar surface area (TPSA) is 49.6 Å². The van der Waals surface area contributed by atoms with Crippen LogP contribution in [-0.2, 0) is 4.79 Å². The molecule has 0 radical (unpaired) electrons. The van der Waals surface area contributed by atoms with E-state index in [9.17, 15) is 4.79 Å².